The van der Waals surface area contributed by atoms with Crippen LogP contribution in [0.3, 0.4) is 0 Å². The first-order valence-electron chi connectivity index (χ1n) is 10.6. The molecule has 7 heteroatoms. The highest BCUT2D eigenvalue weighted by molar-refractivity contribution is 6.30. The summed E-state index contributed by atoms with van der Waals surface area (Å²) in [7, 11) is 1.64. The molecule has 2 amide bonds. The average Bonchev–Trinajstić information content (AvgIpc) is 2.81. The molecule has 0 bridgehead atoms. The zero-order valence-corrected chi connectivity index (χ0v) is 18.6. The Morgan fingerprint density at radius 3 is 1.97 bits per heavy atom. The van der Waals surface area contributed by atoms with E-state index in [4.69, 9.17) is 21.1 Å². The number of carbonyl (C=O) groups excluding carboxylic acids is 2. The van der Waals surface area contributed by atoms with Crippen LogP contribution in [0.5, 0.6) is 11.5 Å². The number of carbonyl (C=O) groups is 2. The molecule has 0 aliphatic carbocycles. The van der Waals surface area contributed by atoms with Crippen molar-refractivity contribution in [2.24, 2.45) is 0 Å². The maximum atomic E-state index is 12.5. The van der Waals surface area contributed by atoms with E-state index < -0.39 is 0 Å². The van der Waals surface area contributed by atoms with Gasteiger partial charge in [-0.2, -0.15) is 0 Å². The lowest BCUT2D eigenvalue weighted by atomic mass is 10.1. The molecule has 0 atom stereocenters. The van der Waals surface area contributed by atoms with Crippen molar-refractivity contribution in [3.63, 3.8) is 0 Å². The van der Waals surface area contributed by atoms with Gasteiger partial charge in [-0.1, -0.05) is 23.7 Å². The van der Waals surface area contributed by atoms with E-state index >= 15 is 0 Å². The normalized spacial score (nSPS) is 13.7. The van der Waals surface area contributed by atoms with E-state index in [-0.39, 0.29) is 11.8 Å². The number of rotatable bonds is 9. The number of piperazine rings is 1. The Hall–Kier alpha value is -2.73. The summed E-state index contributed by atoms with van der Waals surface area (Å²) in [6.07, 6.45) is 2.28. The van der Waals surface area contributed by atoms with Crippen LogP contribution < -0.4 is 9.47 Å². The molecule has 0 saturated carbocycles. The highest BCUT2D eigenvalue weighted by Crippen LogP contribution is 2.16. The molecule has 1 fully saturated rings. The fourth-order valence-electron chi connectivity index (χ4n) is 3.51. The highest BCUT2D eigenvalue weighted by Gasteiger charge is 2.23. The van der Waals surface area contributed by atoms with E-state index in [2.05, 4.69) is 0 Å². The standard InChI is InChI=1S/C24H29ClN2O4/c1-30-21-9-4-19(5-10-21)6-13-24(29)27-16-14-26(15-17-27)23(28)3-2-18-31-22-11-7-20(25)8-12-22/h4-5,7-12H,2-3,6,13-18H2,1H3. The monoisotopic (exact) mass is 444 g/mol. The van der Waals surface area contributed by atoms with Crippen LogP contribution in [-0.4, -0.2) is 61.5 Å². The van der Waals surface area contributed by atoms with Crippen LogP contribution in [0, 0.1) is 0 Å². The Kier molecular flexibility index (Phi) is 8.59. The van der Waals surface area contributed by atoms with Crippen molar-refractivity contribution in [3.05, 3.63) is 59.1 Å². The third kappa shape index (κ3) is 7.17. The van der Waals surface area contributed by atoms with E-state index in [1.807, 2.05) is 46.2 Å². The summed E-state index contributed by atoms with van der Waals surface area (Å²) in [6, 6.07) is 15.0. The van der Waals surface area contributed by atoms with E-state index in [0.29, 0.717) is 63.5 Å². The fourth-order valence-corrected chi connectivity index (χ4v) is 3.64. The molecule has 1 saturated heterocycles. The molecular formula is C24H29ClN2O4. The van der Waals surface area contributed by atoms with Crippen LogP contribution in [0.15, 0.2) is 48.5 Å². The SMILES string of the molecule is COc1ccc(CCC(=O)N2CCN(C(=O)CCCOc3ccc(Cl)cc3)CC2)cc1. The summed E-state index contributed by atoms with van der Waals surface area (Å²) in [5.74, 6) is 1.82. The molecule has 1 aliphatic rings. The summed E-state index contributed by atoms with van der Waals surface area (Å²) in [4.78, 5) is 28.6. The second-order valence-corrected chi connectivity index (χ2v) is 7.95. The summed E-state index contributed by atoms with van der Waals surface area (Å²) in [5.41, 5.74) is 1.11. The fraction of sp³-hybridized carbons (Fsp3) is 0.417. The molecule has 0 spiro atoms. The molecule has 166 valence electrons. The predicted molar refractivity (Wildman–Crippen MR) is 121 cm³/mol. The Bertz CT molecular complexity index is 847. The number of amides is 2. The third-order valence-corrected chi connectivity index (χ3v) is 5.64. The van der Waals surface area contributed by atoms with E-state index in [0.717, 1.165) is 17.1 Å². The predicted octanol–water partition coefficient (Wildman–Crippen LogP) is 3.81. The van der Waals surface area contributed by atoms with Gasteiger partial charge in [0.2, 0.25) is 11.8 Å². The van der Waals surface area contributed by atoms with Crippen molar-refractivity contribution in [3.8, 4) is 11.5 Å². The minimum atomic E-state index is 0.116. The Morgan fingerprint density at radius 1 is 0.839 bits per heavy atom. The molecule has 1 heterocycles. The first kappa shape index (κ1) is 22.9. The van der Waals surface area contributed by atoms with Crippen LogP contribution in [-0.2, 0) is 16.0 Å². The van der Waals surface area contributed by atoms with Gasteiger partial charge in [-0.05, 0) is 54.8 Å². The van der Waals surface area contributed by atoms with Gasteiger partial charge in [0, 0.05) is 44.0 Å². The minimum absolute atomic E-state index is 0.116. The van der Waals surface area contributed by atoms with Crippen LogP contribution in [0.25, 0.3) is 0 Å². The number of halogens is 1. The first-order valence-corrected chi connectivity index (χ1v) is 11.0. The van der Waals surface area contributed by atoms with Crippen molar-refractivity contribution < 1.29 is 19.1 Å². The lowest BCUT2D eigenvalue weighted by molar-refractivity contribution is -0.139. The topological polar surface area (TPSA) is 59.1 Å². The lowest BCUT2D eigenvalue weighted by Crippen LogP contribution is -2.50. The maximum absolute atomic E-state index is 12.5. The zero-order chi connectivity index (χ0) is 22.1. The first-order chi connectivity index (χ1) is 15.0. The number of methoxy groups -OCH3 is 1. The number of aryl methyl sites for hydroxylation is 1. The van der Waals surface area contributed by atoms with Gasteiger partial charge in [0.25, 0.3) is 0 Å². The van der Waals surface area contributed by atoms with Gasteiger partial charge < -0.3 is 19.3 Å². The Morgan fingerprint density at radius 2 is 1.39 bits per heavy atom. The van der Waals surface area contributed by atoms with Crippen LogP contribution in [0.1, 0.15) is 24.8 Å². The molecule has 0 radical (unpaired) electrons. The van der Waals surface area contributed by atoms with Crippen molar-refractivity contribution in [1.29, 1.82) is 0 Å². The molecule has 31 heavy (non-hydrogen) atoms. The van der Waals surface area contributed by atoms with Gasteiger partial charge in [0.15, 0.2) is 0 Å². The zero-order valence-electron chi connectivity index (χ0n) is 17.9. The Labute approximate surface area is 188 Å². The maximum Gasteiger partial charge on any atom is 0.223 e. The quantitative estimate of drug-likeness (QED) is 0.552. The molecule has 0 aromatic heterocycles. The number of ether oxygens (including phenoxy) is 2. The summed E-state index contributed by atoms with van der Waals surface area (Å²) >= 11 is 5.85. The van der Waals surface area contributed by atoms with E-state index in [9.17, 15) is 9.59 Å². The van der Waals surface area contributed by atoms with Crippen molar-refractivity contribution in [1.82, 2.24) is 9.80 Å². The van der Waals surface area contributed by atoms with Gasteiger partial charge in [0.1, 0.15) is 11.5 Å². The molecule has 2 aromatic carbocycles. The van der Waals surface area contributed by atoms with Gasteiger partial charge in [-0.25, -0.2) is 0 Å². The van der Waals surface area contributed by atoms with Gasteiger partial charge in [0.05, 0.1) is 13.7 Å². The van der Waals surface area contributed by atoms with Crippen LogP contribution in [0.2, 0.25) is 5.02 Å². The van der Waals surface area contributed by atoms with E-state index in [1.165, 1.54) is 0 Å². The third-order valence-electron chi connectivity index (χ3n) is 5.39. The van der Waals surface area contributed by atoms with Crippen molar-refractivity contribution in [2.75, 3.05) is 39.9 Å². The molecule has 6 nitrogen and oxygen atoms in total. The van der Waals surface area contributed by atoms with Crippen LogP contribution in [0.4, 0.5) is 0 Å². The van der Waals surface area contributed by atoms with E-state index in [1.54, 1.807) is 19.2 Å². The van der Waals surface area contributed by atoms with Crippen molar-refractivity contribution in [2.45, 2.75) is 25.7 Å². The molecule has 0 N–H and O–H groups in total. The largest absolute Gasteiger partial charge is 0.497 e. The number of nitrogens with zero attached hydrogens (tertiary/aromatic N) is 2. The molecular weight excluding hydrogens is 416 g/mol. The smallest absolute Gasteiger partial charge is 0.223 e. The second-order valence-electron chi connectivity index (χ2n) is 7.52. The van der Waals surface area contributed by atoms with Crippen LogP contribution >= 0.6 is 11.6 Å². The van der Waals surface area contributed by atoms with Gasteiger partial charge in [-0.15, -0.1) is 0 Å². The second kappa shape index (κ2) is 11.6. The molecule has 1 aliphatic heterocycles. The number of benzene rings is 2. The summed E-state index contributed by atoms with van der Waals surface area (Å²) in [5, 5.41) is 0.667. The lowest BCUT2D eigenvalue weighted by Gasteiger charge is -2.35. The molecule has 2 aromatic rings. The summed E-state index contributed by atoms with van der Waals surface area (Å²) < 4.78 is 10.8. The Balaban J connectivity index is 1.31. The average molecular weight is 445 g/mol. The van der Waals surface area contributed by atoms with Gasteiger partial charge in [-0.3, -0.25) is 9.59 Å². The highest BCUT2D eigenvalue weighted by atomic mass is 35.5. The minimum Gasteiger partial charge on any atom is -0.497 e. The van der Waals surface area contributed by atoms with Gasteiger partial charge >= 0.3 is 0 Å². The number of hydrogen-bond acceptors (Lipinski definition) is 4. The molecule has 0 unspecified atom stereocenters. The number of hydrogen-bond donors (Lipinski definition) is 0. The summed E-state index contributed by atoms with van der Waals surface area (Å²) in [6.45, 7) is 2.84. The van der Waals surface area contributed by atoms with Crippen molar-refractivity contribution >= 4 is 23.4 Å². The molecule has 3 rings (SSSR count).